The number of aryl methyl sites for hydroxylation is 1. The first-order valence-corrected chi connectivity index (χ1v) is 13.6. The summed E-state index contributed by atoms with van der Waals surface area (Å²) in [5.74, 6) is 0.182. The number of nitrogens with zero attached hydrogens (tertiary/aromatic N) is 1. The third kappa shape index (κ3) is 8.20. The second kappa shape index (κ2) is 13.6. The molecule has 0 bridgehead atoms. The Morgan fingerprint density at radius 1 is 0.972 bits per heavy atom. The molecule has 36 heavy (non-hydrogen) atoms. The first-order chi connectivity index (χ1) is 17.3. The van der Waals surface area contributed by atoms with Gasteiger partial charge in [0.05, 0.1) is 0 Å². The van der Waals surface area contributed by atoms with Gasteiger partial charge in [-0.2, -0.15) is 0 Å². The van der Waals surface area contributed by atoms with Crippen LogP contribution in [0.15, 0.2) is 81.7 Å². The van der Waals surface area contributed by atoms with Crippen molar-refractivity contribution in [3.05, 3.63) is 98.4 Å². The summed E-state index contributed by atoms with van der Waals surface area (Å²) >= 11 is 7.00. The van der Waals surface area contributed by atoms with Gasteiger partial charge in [0.15, 0.2) is 6.61 Å². The molecule has 3 aromatic rings. The Labute approximate surface area is 230 Å². The van der Waals surface area contributed by atoms with Crippen molar-refractivity contribution in [3.63, 3.8) is 0 Å². The van der Waals surface area contributed by atoms with E-state index in [4.69, 9.17) is 4.74 Å². The largest absolute Gasteiger partial charge is 0.484 e. The number of hydrogen-bond acceptors (Lipinski definition) is 3. The molecule has 2 atom stereocenters. The quantitative estimate of drug-likeness (QED) is 0.270. The topological polar surface area (TPSA) is 58.6 Å². The van der Waals surface area contributed by atoms with Crippen LogP contribution in [0, 0.1) is 6.92 Å². The zero-order valence-corrected chi connectivity index (χ0v) is 24.0. The fraction of sp³-hybridized carbons (Fsp3) is 0.310. The van der Waals surface area contributed by atoms with E-state index in [9.17, 15) is 9.59 Å². The highest BCUT2D eigenvalue weighted by Crippen LogP contribution is 2.22. The number of carbonyl (C=O) groups excluding carboxylic acids is 2. The Morgan fingerprint density at radius 2 is 1.69 bits per heavy atom. The maximum absolute atomic E-state index is 13.6. The smallest absolute Gasteiger partial charge is 0.261 e. The zero-order chi connectivity index (χ0) is 26.1. The molecule has 0 radical (unpaired) electrons. The molecule has 0 aromatic heterocycles. The van der Waals surface area contributed by atoms with Crippen LogP contribution in [0.3, 0.4) is 0 Å². The van der Waals surface area contributed by atoms with Crippen LogP contribution in [0.5, 0.6) is 5.75 Å². The van der Waals surface area contributed by atoms with Crippen LogP contribution in [-0.4, -0.2) is 35.4 Å². The molecule has 0 aliphatic heterocycles. The van der Waals surface area contributed by atoms with Crippen molar-refractivity contribution >= 4 is 43.7 Å². The molecule has 2 amide bonds. The zero-order valence-electron chi connectivity index (χ0n) is 20.8. The van der Waals surface area contributed by atoms with Crippen LogP contribution in [0.25, 0.3) is 0 Å². The molecule has 0 spiro atoms. The average Bonchev–Trinajstić information content (AvgIpc) is 2.87. The van der Waals surface area contributed by atoms with Gasteiger partial charge in [-0.1, -0.05) is 81.2 Å². The number of nitrogens with one attached hydrogen (secondary N) is 1. The summed E-state index contributed by atoms with van der Waals surface area (Å²) in [7, 11) is 0. The van der Waals surface area contributed by atoms with E-state index >= 15 is 0 Å². The lowest BCUT2D eigenvalue weighted by Gasteiger charge is -2.32. The number of hydrogen-bond donors (Lipinski definition) is 1. The summed E-state index contributed by atoms with van der Waals surface area (Å²) in [6.07, 6.45) is 1.20. The minimum Gasteiger partial charge on any atom is -0.484 e. The number of amides is 2. The molecule has 0 aliphatic carbocycles. The van der Waals surface area contributed by atoms with Gasteiger partial charge in [-0.25, -0.2) is 0 Å². The van der Waals surface area contributed by atoms with Gasteiger partial charge in [0.25, 0.3) is 5.91 Å². The third-order valence-electron chi connectivity index (χ3n) is 6.01. The Hall–Kier alpha value is -2.64. The van der Waals surface area contributed by atoms with E-state index in [0.717, 1.165) is 32.1 Å². The van der Waals surface area contributed by atoms with Gasteiger partial charge in [-0.15, -0.1) is 0 Å². The van der Waals surface area contributed by atoms with E-state index in [-0.39, 0.29) is 31.0 Å². The lowest BCUT2D eigenvalue weighted by atomic mass is 10.0. The lowest BCUT2D eigenvalue weighted by Crippen LogP contribution is -2.53. The maximum Gasteiger partial charge on any atom is 0.261 e. The summed E-state index contributed by atoms with van der Waals surface area (Å²) in [4.78, 5) is 28.8. The molecule has 0 saturated heterocycles. The number of carbonyl (C=O) groups is 2. The molecule has 7 heteroatoms. The number of rotatable bonds is 11. The van der Waals surface area contributed by atoms with Gasteiger partial charge in [-0.05, 0) is 67.3 Å². The van der Waals surface area contributed by atoms with Crippen molar-refractivity contribution in [2.45, 2.75) is 52.2 Å². The summed E-state index contributed by atoms with van der Waals surface area (Å²) in [5.41, 5.74) is 2.92. The Balaban J connectivity index is 1.91. The number of halogens is 2. The Kier molecular flexibility index (Phi) is 10.6. The minimum atomic E-state index is -0.692. The first-order valence-electron chi connectivity index (χ1n) is 12.0. The second-order valence-corrected chi connectivity index (χ2v) is 10.6. The van der Waals surface area contributed by atoms with Gasteiger partial charge >= 0.3 is 0 Å². The predicted molar refractivity (Wildman–Crippen MR) is 151 cm³/mol. The molecule has 5 nitrogen and oxygen atoms in total. The fourth-order valence-electron chi connectivity index (χ4n) is 3.76. The van der Waals surface area contributed by atoms with Crippen LogP contribution >= 0.6 is 31.9 Å². The highest BCUT2D eigenvalue weighted by Gasteiger charge is 2.31. The van der Waals surface area contributed by atoms with E-state index in [1.165, 1.54) is 0 Å². The van der Waals surface area contributed by atoms with Crippen LogP contribution in [0.4, 0.5) is 0 Å². The molecule has 190 valence electrons. The van der Waals surface area contributed by atoms with Gasteiger partial charge in [-0.3, -0.25) is 9.59 Å². The molecule has 0 unspecified atom stereocenters. The monoisotopic (exact) mass is 614 g/mol. The molecule has 0 saturated carbocycles. The normalized spacial score (nSPS) is 12.5. The van der Waals surface area contributed by atoms with E-state index in [2.05, 4.69) is 37.2 Å². The maximum atomic E-state index is 13.6. The van der Waals surface area contributed by atoms with E-state index in [1.807, 2.05) is 93.6 Å². The van der Waals surface area contributed by atoms with Crippen molar-refractivity contribution in [2.75, 3.05) is 6.61 Å². The fourth-order valence-corrected chi connectivity index (χ4v) is 4.46. The molecule has 3 aromatic carbocycles. The van der Waals surface area contributed by atoms with Gasteiger partial charge in [0.1, 0.15) is 11.8 Å². The number of ether oxygens (including phenoxy) is 1. The first kappa shape index (κ1) is 27.9. The van der Waals surface area contributed by atoms with Crippen molar-refractivity contribution in [2.24, 2.45) is 0 Å². The lowest BCUT2D eigenvalue weighted by molar-refractivity contribution is -0.143. The summed E-state index contributed by atoms with van der Waals surface area (Å²) < 4.78 is 7.76. The molecule has 1 N–H and O–H groups in total. The van der Waals surface area contributed by atoms with Crippen molar-refractivity contribution in [1.82, 2.24) is 10.2 Å². The highest BCUT2D eigenvalue weighted by molar-refractivity contribution is 9.10. The van der Waals surface area contributed by atoms with E-state index in [0.29, 0.717) is 12.2 Å². The minimum absolute atomic E-state index is 0.000542. The van der Waals surface area contributed by atoms with Gasteiger partial charge < -0.3 is 15.0 Å². The van der Waals surface area contributed by atoms with Crippen molar-refractivity contribution < 1.29 is 14.3 Å². The number of benzene rings is 3. The SMILES string of the molecule is CC[C@H](C)NC(=O)[C@H](Cc1ccccc1)N(Cc1cccc(Br)c1)C(=O)COc1ccc(Br)c(C)c1. The average molecular weight is 616 g/mol. The third-order valence-corrected chi connectivity index (χ3v) is 7.39. The summed E-state index contributed by atoms with van der Waals surface area (Å²) in [6, 6.07) is 22.5. The van der Waals surface area contributed by atoms with Crippen molar-refractivity contribution in [3.8, 4) is 5.75 Å². The van der Waals surface area contributed by atoms with Crippen LogP contribution < -0.4 is 10.1 Å². The molecule has 0 fully saturated rings. The van der Waals surface area contributed by atoms with Crippen LogP contribution in [0.2, 0.25) is 0 Å². The molecule has 0 heterocycles. The second-order valence-electron chi connectivity index (χ2n) is 8.87. The summed E-state index contributed by atoms with van der Waals surface area (Å²) in [5, 5.41) is 3.08. The Morgan fingerprint density at radius 3 is 2.36 bits per heavy atom. The van der Waals surface area contributed by atoms with Gasteiger partial charge in [0, 0.05) is 28.0 Å². The molecule has 0 aliphatic rings. The molecular weight excluding hydrogens is 584 g/mol. The van der Waals surface area contributed by atoms with E-state index < -0.39 is 6.04 Å². The van der Waals surface area contributed by atoms with Crippen molar-refractivity contribution in [1.29, 1.82) is 0 Å². The summed E-state index contributed by atoms with van der Waals surface area (Å²) in [6.45, 7) is 6.07. The molecule has 3 rings (SSSR count). The van der Waals surface area contributed by atoms with Gasteiger partial charge in [0.2, 0.25) is 5.91 Å². The highest BCUT2D eigenvalue weighted by atomic mass is 79.9. The van der Waals surface area contributed by atoms with Crippen LogP contribution in [0.1, 0.15) is 37.0 Å². The molecular formula is C29H32Br2N2O3. The van der Waals surface area contributed by atoms with Crippen LogP contribution in [-0.2, 0) is 22.6 Å². The standard InChI is InChI=1S/C29H32Br2N2O3/c1-4-21(3)32-29(35)27(17-22-9-6-5-7-10-22)33(18-23-11-8-12-24(30)16-23)28(34)19-36-25-13-14-26(31)20(2)15-25/h5-16,21,27H,4,17-19H2,1-3H3,(H,32,35)/t21-,27-/m0/s1. The van der Waals surface area contributed by atoms with E-state index in [1.54, 1.807) is 4.90 Å². The Bertz CT molecular complexity index is 1170. The predicted octanol–water partition coefficient (Wildman–Crippen LogP) is 6.45.